The summed E-state index contributed by atoms with van der Waals surface area (Å²) in [5.41, 5.74) is 6.65. The first-order valence-electron chi connectivity index (χ1n) is 5.84. The fourth-order valence-corrected chi connectivity index (χ4v) is 2.32. The highest BCUT2D eigenvalue weighted by molar-refractivity contribution is 5.99. The number of aliphatic imine (C=N–C) groups is 1. The Bertz CT molecular complexity index is 461. The SMILES string of the molecule is COCC1(C)CN=C(N)N1c1ccccc1OC. The normalized spacial score (nSPS) is 23.1. The first-order valence-corrected chi connectivity index (χ1v) is 5.84. The zero-order valence-corrected chi connectivity index (χ0v) is 11.0. The predicted molar refractivity (Wildman–Crippen MR) is 72.2 cm³/mol. The molecule has 0 saturated heterocycles. The van der Waals surface area contributed by atoms with Gasteiger partial charge in [-0.25, -0.2) is 0 Å². The molecule has 1 atom stereocenters. The number of nitrogens with two attached hydrogens (primary N) is 1. The number of nitrogens with zero attached hydrogens (tertiary/aromatic N) is 2. The van der Waals surface area contributed by atoms with Crippen molar-refractivity contribution >= 4 is 11.6 Å². The quantitative estimate of drug-likeness (QED) is 0.872. The van der Waals surface area contributed by atoms with Crippen molar-refractivity contribution in [3.05, 3.63) is 24.3 Å². The second kappa shape index (κ2) is 4.86. The minimum atomic E-state index is -0.270. The predicted octanol–water partition coefficient (Wildman–Crippen LogP) is 1.24. The molecule has 0 radical (unpaired) electrons. The van der Waals surface area contributed by atoms with E-state index in [2.05, 4.69) is 11.9 Å². The number of rotatable bonds is 4. The van der Waals surface area contributed by atoms with Crippen molar-refractivity contribution in [1.29, 1.82) is 0 Å². The standard InChI is InChI=1S/C13H19N3O2/c1-13(9-17-2)8-15-12(14)16(13)10-6-4-5-7-11(10)18-3/h4-7H,8-9H2,1-3H3,(H2,14,15). The highest BCUT2D eigenvalue weighted by Crippen LogP contribution is 2.35. The lowest BCUT2D eigenvalue weighted by Crippen LogP contribution is -2.52. The van der Waals surface area contributed by atoms with Crippen LogP contribution >= 0.6 is 0 Å². The number of guanidine groups is 1. The van der Waals surface area contributed by atoms with Gasteiger partial charge in [-0.1, -0.05) is 12.1 Å². The molecule has 1 heterocycles. The summed E-state index contributed by atoms with van der Waals surface area (Å²) in [5.74, 6) is 1.28. The van der Waals surface area contributed by atoms with Gasteiger partial charge in [-0.05, 0) is 19.1 Å². The maximum atomic E-state index is 6.01. The second-order valence-corrected chi connectivity index (χ2v) is 4.61. The van der Waals surface area contributed by atoms with E-state index in [9.17, 15) is 0 Å². The Morgan fingerprint density at radius 3 is 2.78 bits per heavy atom. The number of anilines is 1. The van der Waals surface area contributed by atoms with E-state index in [0.717, 1.165) is 11.4 Å². The molecule has 0 amide bonds. The highest BCUT2D eigenvalue weighted by atomic mass is 16.5. The monoisotopic (exact) mass is 249 g/mol. The fraction of sp³-hybridized carbons (Fsp3) is 0.462. The van der Waals surface area contributed by atoms with Gasteiger partial charge in [-0.3, -0.25) is 9.89 Å². The van der Waals surface area contributed by atoms with Crippen LogP contribution in [0.1, 0.15) is 6.92 Å². The third-order valence-electron chi connectivity index (χ3n) is 3.13. The van der Waals surface area contributed by atoms with E-state index in [-0.39, 0.29) is 5.54 Å². The Balaban J connectivity index is 2.43. The molecule has 0 saturated carbocycles. The molecule has 5 nitrogen and oxygen atoms in total. The van der Waals surface area contributed by atoms with Crippen LogP contribution in [0.5, 0.6) is 5.75 Å². The fourth-order valence-electron chi connectivity index (χ4n) is 2.32. The number of ether oxygens (including phenoxy) is 2. The van der Waals surface area contributed by atoms with Crippen LogP contribution in [0.15, 0.2) is 29.3 Å². The van der Waals surface area contributed by atoms with Crippen molar-refractivity contribution < 1.29 is 9.47 Å². The Morgan fingerprint density at radius 2 is 2.11 bits per heavy atom. The molecule has 98 valence electrons. The number of benzene rings is 1. The summed E-state index contributed by atoms with van der Waals surface area (Å²) in [5, 5.41) is 0. The van der Waals surface area contributed by atoms with Gasteiger partial charge in [0.15, 0.2) is 5.96 Å². The van der Waals surface area contributed by atoms with Gasteiger partial charge in [0.2, 0.25) is 0 Å². The molecule has 2 N–H and O–H groups in total. The zero-order valence-electron chi connectivity index (χ0n) is 11.0. The van der Waals surface area contributed by atoms with Crippen LogP contribution in [-0.4, -0.2) is 38.9 Å². The molecule has 0 bridgehead atoms. The van der Waals surface area contributed by atoms with Crippen LogP contribution in [0.25, 0.3) is 0 Å². The summed E-state index contributed by atoms with van der Waals surface area (Å²) >= 11 is 0. The van der Waals surface area contributed by atoms with Crippen molar-refractivity contribution in [2.75, 3.05) is 32.3 Å². The number of methoxy groups -OCH3 is 2. The van der Waals surface area contributed by atoms with E-state index in [1.165, 1.54) is 0 Å². The molecule has 1 aromatic carbocycles. The van der Waals surface area contributed by atoms with Crippen LogP contribution in [0.2, 0.25) is 0 Å². The van der Waals surface area contributed by atoms with E-state index >= 15 is 0 Å². The average Bonchev–Trinajstić information content (AvgIpc) is 2.65. The van der Waals surface area contributed by atoms with Crippen LogP contribution in [0.4, 0.5) is 5.69 Å². The number of para-hydroxylation sites is 2. The smallest absolute Gasteiger partial charge is 0.196 e. The molecule has 1 aromatic rings. The van der Waals surface area contributed by atoms with Crippen molar-refractivity contribution in [3.8, 4) is 5.75 Å². The molecule has 1 aliphatic heterocycles. The highest BCUT2D eigenvalue weighted by Gasteiger charge is 2.40. The topological polar surface area (TPSA) is 60.1 Å². The van der Waals surface area contributed by atoms with Gasteiger partial charge in [0.1, 0.15) is 5.75 Å². The molecule has 18 heavy (non-hydrogen) atoms. The third kappa shape index (κ3) is 2.01. The summed E-state index contributed by atoms with van der Waals surface area (Å²) in [4.78, 5) is 6.31. The van der Waals surface area contributed by atoms with Gasteiger partial charge in [0.25, 0.3) is 0 Å². The lowest BCUT2D eigenvalue weighted by molar-refractivity contribution is 0.149. The minimum Gasteiger partial charge on any atom is -0.495 e. The molecular formula is C13H19N3O2. The average molecular weight is 249 g/mol. The van der Waals surface area contributed by atoms with Gasteiger partial charge in [-0.2, -0.15) is 0 Å². The molecule has 0 aromatic heterocycles. The van der Waals surface area contributed by atoms with Crippen LogP contribution in [-0.2, 0) is 4.74 Å². The molecule has 1 aliphatic rings. The van der Waals surface area contributed by atoms with Gasteiger partial charge in [0.05, 0.1) is 31.5 Å². The van der Waals surface area contributed by atoms with Crippen LogP contribution in [0, 0.1) is 0 Å². The maximum absolute atomic E-state index is 6.01. The van der Waals surface area contributed by atoms with Crippen molar-refractivity contribution in [1.82, 2.24) is 0 Å². The van der Waals surface area contributed by atoms with Gasteiger partial charge < -0.3 is 15.2 Å². The Labute approximate surface area is 107 Å². The summed E-state index contributed by atoms with van der Waals surface area (Å²) < 4.78 is 10.7. The van der Waals surface area contributed by atoms with Gasteiger partial charge in [-0.15, -0.1) is 0 Å². The van der Waals surface area contributed by atoms with Crippen LogP contribution in [0.3, 0.4) is 0 Å². The lowest BCUT2D eigenvalue weighted by Gasteiger charge is -2.36. The summed E-state index contributed by atoms with van der Waals surface area (Å²) in [6.45, 7) is 3.24. The van der Waals surface area contributed by atoms with Gasteiger partial charge in [0, 0.05) is 7.11 Å². The van der Waals surface area contributed by atoms with Crippen molar-refractivity contribution in [2.45, 2.75) is 12.5 Å². The second-order valence-electron chi connectivity index (χ2n) is 4.61. The molecular weight excluding hydrogens is 230 g/mol. The molecule has 0 spiro atoms. The van der Waals surface area contributed by atoms with E-state index in [4.69, 9.17) is 15.2 Å². The number of hydrogen-bond donors (Lipinski definition) is 1. The first-order chi connectivity index (χ1) is 8.62. The van der Waals surface area contributed by atoms with Crippen molar-refractivity contribution in [3.63, 3.8) is 0 Å². The largest absolute Gasteiger partial charge is 0.495 e. The third-order valence-corrected chi connectivity index (χ3v) is 3.13. The first kappa shape index (κ1) is 12.7. The summed E-state index contributed by atoms with van der Waals surface area (Å²) in [6, 6.07) is 7.77. The molecule has 2 rings (SSSR count). The van der Waals surface area contributed by atoms with E-state index in [1.54, 1.807) is 14.2 Å². The molecule has 1 unspecified atom stereocenters. The van der Waals surface area contributed by atoms with Crippen molar-refractivity contribution in [2.24, 2.45) is 10.7 Å². The van der Waals surface area contributed by atoms with Gasteiger partial charge >= 0.3 is 0 Å². The Hall–Kier alpha value is -1.75. The maximum Gasteiger partial charge on any atom is 0.196 e. The summed E-state index contributed by atoms with van der Waals surface area (Å²) in [7, 11) is 3.33. The van der Waals surface area contributed by atoms with E-state index in [1.807, 2.05) is 29.2 Å². The van der Waals surface area contributed by atoms with Crippen LogP contribution < -0.4 is 15.4 Å². The minimum absolute atomic E-state index is 0.270. The Kier molecular flexibility index (Phi) is 3.43. The molecule has 0 fully saturated rings. The summed E-state index contributed by atoms with van der Waals surface area (Å²) in [6.07, 6.45) is 0. The number of hydrogen-bond acceptors (Lipinski definition) is 5. The zero-order chi connectivity index (χ0) is 13.2. The van der Waals surface area contributed by atoms with E-state index in [0.29, 0.717) is 19.1 Å². The Morgan fingerprint density at radius 1 is 1.39 bits per heavy atom. The molecule has 0 aliphatic carbocycles. The molecule has 5 heteroatoms. The van der Waals surface area contributed by atoms with E-state index < -0.39 is 0 Å². The lowest BCUT2D eigenvalue weighted by atomic mass is 10.0.